The van der Waals surface area contributed by atoms with E-state index in [1.54, 1.807) is 27.7 Å². The number of nitro benzene ring substituents is 2. The number of nitro groups is 2. The van der Waals surface area contributed by atoms with Gasteiger partial charge in [0.2, 0.25) is 0 Å². The molecular weight excluding hydrogens is 368 g/mol. The van der Waals surface area contributed by atoms with Gasteiger partial charge in [0.25, 0.3) is 0 Å². The maximum absolute atomic E-state index is 13.0. The van der Waals surface area contributed by atoms with E-state index in [0.717, 1.165) is 12.1 Å². The first-order chi connectivity index (χ1) is 13.0. The number of carbonyl (C=O) groups is 1. The van der Waals surface area contributed by atoms with E-state index in [2.05, 4.69) is 0 Å². The molecule has 0 aliphatic rings. The van der Waals surface area contributed by atoms with Crippen molar-refractivity contribution in [1.29, 1.82) is 0 Å². The van der Waals surface area contributed by atoms with Gasteiger partial charge in [-0.05, 0) is 24.0 Å². The average Bonchev–Trinajstić information content (AvgIpc) is 2.60. The van der Waals surface area contributed by atoms with Gasteiger partial charge in [0.15, 0.2) is 17.3 Å². The van der Waals surface area contributed by atoms with E-state index < -0.39 is 38.5 Å². The smallest absolute Gasteiger partial charge is 0.311 e. The molecule has 2 aromatic carbocycles. The summed E-state index contributed by atoms with van der Waals surface area (Å²) in [5.74, 6) is -2.32. The van der Waals surface area contributed by atoms with Crippen molar-refractivity contribution in [2.24, 2.45) is 0 Å². The molecule has 2 N–H and O–H groups in total. The van der Waals surface area contributed by atoms with Crippen LogP contribution in [0.15, 0.2) is 24.3 Å². The molecule has 0 saturated heterocycles. The fourth-order valence-corrected chi connectivity index (χ4v) is 2.87. The van der Waals surface area contributed by atoms with Crippen molar-refractivity contribution in [2.75, 3.05) is 0 Å². The first-order valence-corrected chi connectivity index (χ1v) is 8.53. The number of ketones is 1. The normalized spacial score (nSPS) is 11.1. The second-order valence-corrected chi connectivity index (χ2v) is 7.02. The van der Waals surface area contributed by atoms with E-state index in [-0.39, 0.29) is 34.1 Å². The van der Waals surface area contributed by atoms with E-state index in [1.165, 1.54) is 12.1 Å². The Labute approximate surface area is 160 Å². The van der Waals surface area contributed by atoms with Crippen LogP contribution in [-0.2, 0) is 0 Å². The number of aromatic hydroxyl groups is 2. The van der Waals surface area contributed by atoms with Crippen LogP contribution in [0.4, 0.5) is 11.4 Å². The number of hydrogen-bond donors (Lipinski definition) is 2. The molecular formula is C19H20N2O7. The Morgan fingerprint density at radius 3 is 1.36 bits per heavy atom. The highest BCUT2D eigenvalue weighted by Gasteiger charge is 2.27. The topological polar surface area (TPSA) is 144 Å². The van der Waals surface area contributed by atoms with E-state index in [0.29, 0.717) is 0 Å². The first kappa shape index (κ1) is 20.8. The second kappa shape index (κ2) is 7.63. The monoisotopic (exact) mass is 388 g/mol. The molecule has 0 spiro atoms. The number of phenolic OH excluding ortho intramolecular Hbond substituents is 2. The molecule has 2 aromatic rings. The number of carbonyl (C=O) groups excluding carboxylic acids is 1. The van der Waals surface area contributed by atoms with E-state index in [4.69, 9.17) is 0 Å². The predicted molar refractivity (Wildman–Crippen MR) is 101 cm³/mol. The maximum atomic E-state index is 13.0. The maximum Gasteiger partial charge on any atom is 0.311 e. The zero-order chi connectivity index (χ0) is 21.3. The fourth-order valence-electron chi connectivity index (χ4n) is 2.87. The van der Waals surface area contributed by atoms with Crippen molar-refractivity contribution in [3.8, 4) is 11.5 Å². The molecule has 0 saturated carbocycles. The Morgan fingerprint density at radius 1 is 0.786 bits per heavy atom. The van der Waals surface area contributed by atoms with E-state index in [1.807, 2.05) is 0 Å². The molecule has 0 aliphatic heterocycles. The van der Waals surface area contributed by atoms with Crippen LogP contribution >= 0.6 is 0 Å². The molecule has 2 rings (SSSR count). The van der Waals surface area contributed by atoms with Gasteiger partial charge in [-0.1, -0.05) is 27.7 Å². The highest BCUT2D eigenvalue weighted by Crippen LogP contribution is 2.38. The molecule has 0 heterocycles. The van der Waals surface area contributed by atoms with Crippen LogP contribution in [0, 0.1) is 20.2 Å². The second-order valence-electron chi connectivity index (χ2n) is 7.02. The Balaban J connectivity index is 2.73. The van der Waals surface area contributed by atoms with Crippen molar-refractivity contribution in [2.45, 2.75) is 39.5 Å². The number of rotatable bonds is 6. The Bertz CT molecular complexity index is 903. The third-order valence-electron chi connectivity index (χ3n) is 4.40. The lowest BCUT2D eigenvalue weighted by Gasteiger charge is -2.13. The molecule has 9 heteroatoms. The summed E-state index contributed by atoms with van der Waals surface area (Å²) in [5.41, 5.74) is -0.963. The molecule has 0 amide bonds. The average molecular weight is 388 g/mol. The van der Waals surface area contributed by atoms with E-state index >= 15 is 0 Å². The van der Waals surface area contributed by atoms with Gasteiger partial charge in [-0.15, -0.1) is 0 Å². The third kappa shape index (κ3) is 3.78. The molecule has 0 fully saturated rings. The minimum absolute atomic E-state index is 0.0807. The highest BCUT2D eigenvalue weighted by molar-refractivity contribution is 6.10. The molecule has 148 valence electrons. The Kier molecular flexibility index (Phi) is 5.67. The van der Waals surface area contributed by atoms with Crippen molar-refractivity contribution in [3.63, 3.8) is 0 Å². The zero-order valence-corrected chi connectivity index (χ0v) is 15.8. The molecule has 0 aliphatic carbocycles. The SMILES string of the molecule is CC(C)c1cc(C(=O)c2cc(C(C)C)c(O)c([N+](=O)[O-])c2)cc([N+](=O)[O-])c1O. The standard InChI is InChI=1S/C19H20N2O7/c1-9(2)13-5-11(7-15(18(13)23)20(25)26)17(22)12-6-14(10(3)4)19(24)16(8-12)21(27)28/h5-10,23-24H,1-4H3. The van der Waals surface area contributed by atoms with Crippen LogP contribution in [0.25, 0.3) is 0 Å². The summed E-state index contributed by atoms with van der Waals surface area (Å²) in [6, 6.07) is 4.56. The third-order valence-corrected chi connectivity index (χ3v) is 4.40. The number of hydrogen-bond acceptors (Lipinski definition) is 7. The van der Waals surface area contributed by atoms with Gasteiger partial charge < -0.3 is 10.2 Å². The molecule has 0 radical (unpaired) electrons. The van der Waals surface area contributed by atoms with Gasteiger partial charge in [-0.3, -0.25) is 25.0 Å². The molecule has 0 unspecified atom stereocenters. The van der Waals surface area contributed by atoms with Crippen LogP contribution < -0.4 is 0 Å². The number of nitrogens with zero attached hydrogens (tertiary/aromatic N) is 2. The Morgan fingerprint density at radius 2 is 1.11 bits per heavy atom. The summed E-state index contributed by atoms with van der Waals surface area (Å²) in [6.45, 7) is 6.81. The van der Waals surface area contributed by atoms with Crippen LogP contribution in [-0.4, -0.2) is 25.8 Å². The lowest BCUT2D eigenvalue weighted by molar-refractivity contribution is -0.386. The predicted octanol–water partition coefficient (Wildman–Crippen LogP) is 4.39. The van der Waals surface area contributed by atoms with Gasteiger partial charge in [0, 0.05) is 34.4 Å². The van der Waals surface area contributed by atoms with E-state index in [9.17, 15) is 35.2 Å². The lowest BCUT2D eigenvalue weighted by atomic mass is 9.92. The summed E-state index contributed by atoms with van der Waals surface area (Å²) >= 11 is 0. The lowest BCUT2D eigenvalue weighted by Crippen LogP contribution is -2.07. The van der Waals surface area contributed by atoms with Crippen molar-refractivity contribution >= 4 is 17.2 Å². The number of benzene rings is 2. The summed E-state index contributed by atoms with van der Waals surface area (Å²) in [5, 5.41) is 42.7. The van der Waals surface area contributed by atoms with Crippen molar-refractivity contribution in [1.82, 2.24) is 0 Å². The van der Waals surface area contributed by atoms with Crippen molar-refractivity contribution in [3.05, 3.63) is 66.7 Å². The molecule has 0 bridgehead atoms. The zero-order valence-electron chi connectivity index (χ0n) is 15.8. The Hall–Kier alpha value is -3.49. The molecule has 9 nitrogen and oxygen atoms in total. The highest BCUT2D eigenvalue weighted by atomic mass is 16.6. The van der Waals surface area contributed by atoms with Crippen LogP contribution in [0.1, 0.15) is 66.6 Å². The largest absolute Gasteiger partial charge is 0.502 e. The fraction of sp³-hybridized carbons (Fsp3) is 0.316. The summed E-state index contributed by atoms with van der Waals surface area (Å²) in [4.78, 5) is 33.9. The summed E-state index contributed by atoms with van der Waals surface area (Å²) in [7, 11) is 0. The molecule has 0 atom stereocenters. The van der Waals surface area contributed by atoms with Gasteiger partial charge in [0.05, 0.1) is 9.85 Å². The van der Waals surface area contributed by atoms with Crippen LogP contribution in [0.3, 0.4) is 0 Å². The van der Waals surface area contributed by atoms with Gasteiger partial charge in [0.1, 0.15) is 0 Å². The summed E-state index contributed by atoms with van der Waals surface area (Å²) < 4.78 is 0. The van der Waals surface area contributed by atoms with Gasteiger partial charge in [-0.25, -0.2) is 0 Å². The van der Waals surface area contributed by atoms with Crippen LogP contribution in [0.5, 0.6) is 11.5 Å². The van der Waals surface area contributed by atoms with Gasteiger partial charge in [-0.2, -0.15) is 0 Å². The number of phenols is 2. The minimum Gasteiger partial charge on any atom is -0.502 e. The van der Waals surface area contributed by atoms with Crippen LogP contribution in [0.2, 0.25) is 0 Å². The molecule has 28 heavy (non-hydrogen) atoms. The summed E-state index contributed by atoms with van der Waals surface area (Å²) in [6.07, 6.45) is 0. The quantitative estimate of drug-likeness (QED) is 0.424. The first-order valence-electron chi connectivity index (χ1n) is 8.53. The molecule has 0 aromatic heterocycles. The minimum atomic E-state index is -0.795. The van der Waals surface area contributed by atoms with Crippen molar-refractivity contribution < 1.29 is 24.9 Å². The van der Waals surface area contributed by atoms with Gasteiger partial charge >= 0.3 is 11.4 Å².